The molecule has 0 spiro atoms. The van der Waals surface area contributed by atoms with E-state index in [2.05, 4.69) is 27.3 Å². The van der Waals surface area contributed by atoms with Gasteiger partial charge in [0, 0.05) is 12.2 Å². The molecule has 0 radical (unpaired) electrons. The van der Waals surface area contributed by atoms with E-state index in [9.17, 15) is 4.79 Å². The van der Waals surface area contributed by atoms with Crippen LogP contribution in [-0.4, -0.2) is 29.2 Å². The minimum absolute atomic E-state index is 0.260. The highest BCUT2D eigenvalue weighted by atomic mass is 32.1. The fourth-order valence-corrected chi connectivity index (χ4v) is 1.55. The lowest BCUT2D eigenvalue weighted by atomic mass is 10.2. The number of carbonyl (C=O) groups excluding carboxylic acids is 1. The van der Waals surface area contributed by atoms with Crippen molar-refractivity contribution >= 4 is 29.1 Å². The van der Waals surface area contributed by atoms with Crippen molar-refractivity contribution in [2.24, 2.45) is 0 Å². The molecule has 6 heteroatoms. The molecule has 1 rings (SSSR count). The lowest BCUT2D eigenvalue weighted by molar-refractivity contribution is 0.0601. The third kappa shape index (κ3) is 3.96. The summed E-state index contributed by atoms with van der Waals surface area (Å²) in [5.41, 5.74) is 0.355. The molecule has 1 atom stereocenters. The van der Waals surface area contributed by atoms with Gasteiger partial charge in [0.25, 0.3) is 0 Å². The molecule has 0 aliphatic rings. The number of rotatable bonds is 4. The van der Waals surface area contributed by atoms with Gasteiger partial charge < -0.3 is 15.4 Å². The maximum absolute atomic E-state index is 11.5. The van der Waals surface area contributed by atoms with Gasteiger partial charge in [0.15, 0.2) is 5.11 Å². The molecule has 0 unspecified atom stereocenters. The fraction of sp³-hybridized carbons (Fsp3) is 0.417. The Balaban J connectivity index is 2.78. The van der Waals surface area contributed by atoms with Crippen LogP contribution in [0, 0.1) is 0 Å². The molecule has 2 N–H and O–H groups in total. The monoisotopic (exact) mass is 267 g/mol. The van der Waals surface area contributed by atoms with Crippen LogP contribution in [0.1, 0.15) is 30.6 Å². The maximum Gasteiger partial charge on any atom is 0.341 e. The van der Waals surface area contributed by atoms with Gasteiger partial charge in [-0.1, -0.05) is 6.92 Å². The topological polar surface area (TPSA) is 63.2 Å². The van der Waals surface area contributed by atoms with Gasteiger partial charge in [-0.15, -0.1) is 0 Å². The van der Waals surface area contributed by atoms with Crippen LogP contribution in [-0.2, 0) is 4.74 Å². The van der Waals surface area contributed by atoms with Crippen molar-refractivity contribution in [3.05, 3.63) is 23.9 Å². The van der Waals surface area contributed by atoms with Crippen molar-refractivity contribution in [1.82, 2.24) is 10.3 Å². The van der Waals surface area contributed by atoms with Crippen LogP contribution in [0.25, 0.3) is 0 Å². The molecule has 1 aromatic rings. The zero-order chi connectivity index (χ0) is 13.5. The Labute approximate surface area is 112 Å². The summed E-state index contributed by atoms with van der Waals surface area (Å²) in [6, 6.07) is 3.56. The van der Waals surface area contributed by atoms with E-state index in [1.54, 1.807) is 18.3 Å². The fourth-order valence-electron chi connectivity index (χ4n) is 1.25. The highest BCUT2D eigenvalue weighted by Crippen LogP contribution is 2.12. The largest absolute Gasteiger partial charge is 0.465 e. The summed E-state index contributed by atoms with van der Waals surface area (Å²) in [5.74, 6) is -0.0536. The molecule has 1 heterocycles. The van der Waals surface area contributed by atoms with Crippen molar-refractivity contribution in [3.63, 3.8) is 0 Å². The molecule has 0 bridgehead atoms. The van der Waals surface area contributed by atoms with Crippen molar-refractivity contribution in [2.75, 3.05) is 12.4 Å². The number of hydrogen-bond donors (Lipinski definition) is 2. The summed E-state index contributed by atoms with van der Waals surface area (Å²) < 4.78 is 4.68. The molecular formula is C12H17N3O2S. The van der Waals surface area contributed by atoms with Gasteiger partial charge in [-0.2, -0.15) is 0 Å². The van der Waals surface area contributed by atoms with Gasteiger partial charge in [0.05, 0.1) is 7.11 Å². The lowest BCUT2D eigenvalue weighted by Gasteiger charge is -2.15. The zero-order valence-corrected chi connectivity index (χ0v) is 11.5. The predicted octanol–water partition coefficient (Wildman–Crippen LogP) is 1.95. The number of thiocarbonyl (C=S) groups is 1. The van der Waals surface area contributed by atoms with E-state index in [1.165, 1.54) is 7.11 Å². The zero-order valence-electron chi connectivity index (χ0n) is 10.7. The summed E-state index contributed by atoms with van der Waals surface area (Å²) in [7, 11) is 1.33. The van der Waals surface area contributed by atoms with Crippen LogP contribution in [0.2, 0.25) is 0 Å². The molecule has 98 valence electrons. The standard InChI is InChI=1S/C12H17N3O2S/c1-4-8(2)14-12(18)15-10-9(11(16)17-3)6-5-7-13-10/h5-8H,4H2,1-3H3,(H2,13,14,15,18)/t8-/m1/s1. The Hall–Kier alpha value is -1.69. The van der Waals surface area contributed by atoms with E-state index in [-0.39, 0.29) is 6.04 Å². The smallest absolute Gasteiger partial charge is 0.341 e. The summed E-state index contributed by atoms with van der Waals surface area (Å²) >= 11 is 5.15. The number of aromatic nitrogens is 1. The van der Waals surface area contributed by atoms with Gasteiger partial charge in [0.2, 0.25) is 0 Å². The molecular weight excluding hydrogens is 250 g/mol. The van der Waals surface area contributed by atoms with E-state index in [1.807, 2.05) is 6.92 Å². The normalized spacial score (nSPS) is 11.5. The van der Waals surface area contributed by atoms with Crippen LogP contribution in [0.5, 0.6) is 0 Å². The first-order valence-corrected chi connectivity index (χ1v) is 6.10. The number of carbonyl (C=O) groups is 1. The molecule has 0 saturated carbocycles. The number of pyridine rings is 1. The minimum Gasteiger partial charge on any atom is -0.465 e. The first-order chi connectivity index (χ1) is 8.58. The molecule has 0 fully saturated rings. The second-order valence-electron chi connectivity index (χ2n) is 3.80. The van der Waals surface area contributed by atoms with Crippen molar-refractivity contribution in [3.8, 4) is 0 Å². The average Bonchev–Trinajstić information content (AvgIpc) is 2.38. The lowest BCUT2D eigenvalue weighted by Crippen LogP contribution is -2.36. The highest BCUT2D eigenvalue weighted by Gasteiger charge is 2.13. The molecule has 1 aromatic heterocycles. The number of nitrogens with one attached hydrogen (secondary N) is 2. The average molecular weight is 267 g/mol. The molecule has 0 aliphatic carbocycles. The third-order valence-electron chi connectivity index (χ3n) is 2.43. The summed E-state index contributed by atoms with van der Waals surface area (Å²) in [6.07, 6.45) is 2.54. The molecule has 18 heavy (non-hydrogen) atoms. The van der Waals surface area contributed by atoms with E-state index >= 15 is 0 Å². The van der Waals surface area contributed by atoms with Crippen LogP contribution in [0.4, 0.5) is 5.82 Å². The molecule has 0 aliphatic heterocycles. The molecule has 0 amide bonds. The van der Waals surface area contributed by atoms with Crippen molar-refractivity contribution in [1.29, 1.82) is 0 Å². The minimum atomic E-state index is -0.447. The predicted molar refractivity (Wildman–Crippen MR) is 74.7 cm³/mol. The van der Waals surface area contributed by atoms with Gasteiger partial charge in [-0.25, -0.2) is 9.78 Å². The Kier molecular flexibility index (Phi) is 5.51. The second-order valence-corrected chi connectivity index (χ2v) is 4.21. The number of anilines is 1. The van der Waals surface area contributed by atoms with E-state index in [4.69, 9.17) is 12.2 Å². The third-order valence-corrected chi connectivity index (χ3v) is 2.65. The van der Waals surface area contributed by atoms with E-state index in [0.29, 0.717) is 16.5 Å². The Bertz CT molecular complexity index is 437. The highest BCUT2D eigenvalue weighted by molar-refractivity contribution is 7.80. The molecule has 0 saturated heterocycles. The van der Waals surface area contributed by atoms with E-state index in [0.717, 1.165) is 6.42 Å². The number of ether oxygens (including phenoxy) is 1. The Morgan fingerprint density at radius 2 is 2.33 bits per heavy atom. The first-order valence-electron chi connectivity index (χ1n) is 5.69. The Morgan fingerprint density at radius 1 is 1.61 bits per heavy atom. The summed E-state index contributed by atoms with van der Waals surface area (Å²) in [4.78, 5) is 15.6. The number of methoxy groups -OCH3 is 1. The SMILES string of the molecule is CC[C@@H](C)NC(=S)Nc1ncccc1C(=O)OC. The maximum atomic E-state index is 11.5. The summed E-state index contributed by atoms with van der Waals surface area (Å²) in [5, 5.41) is 6.43. The van der Waals surface area contributed by atoms with Crippen molar-refractivity contribution < 1.29 is 9.53 Å². The quantitative estimate of drug-likeness (QED) is 0.642. The first kappa shape index (κ1) is 14.4. The Morgan fingerprint density at radius 3 is 2.94 bits per heavy atom. The number of nitrogens with zero attached hydrogens (tertiary/aromatic N) is 1. The molecule has 0 aromatic carbocycles. The van der Waals surface area contributed by atoms with Gasteiger partial charge in [-0.3, -0.25) is 0 Å². The van der Waals surface area contributed by atoms with Crippen LogP contribution in [0.15, 0.2) is 18.3 Å². The van der Waals surface area contributed by atoms with E-state index < -0.39 is 5.97 Å². The van der Waals surface area contributed by atoms with Crippen LogP contribution < -0.4 is 10.6 Å². The summed E-state index contributed by atoms with van der Waals surface area (Å²) in [6.45, 7) is 4.08. The molecule has 5 nitrogen and oxygen atoms in total. The second kappa shape index (κ2) is 6.90. The van der Waals surface area contributed by atoms with Gasteiger partial charge in [0.1, 0.15) is 11.4 Å². The van der Waals surface area contributed by atoms with Crippen molar-refractivity contribution in [2.45, 2.75) is 26.3 Å². The van der Waals surface area contributed by atoms with Gasteiger partial charge in [-0.05, 0) is 37.7 Å². The van der Waals surface area contributed by atoms with Gasteiger partial charge >= 0.3 is 5.97 Å². The van der Waals surface area contributed by atoms with Crippen LogP contribution in [0.3, 0.4) is 0 Å². The number of esters is 1. The van der Waals surface area contributed by atoms with Crippen LogP contribution >= 0.6 is 12.2 Å². The number of hydrogen-bond acceptors (Lipinski definition) is 4.